The molecule has 0 N–H and O–H groups in total. The van der Waals surface area contributed by atoms with Gasteiger partial charge in [-0.3, -0.25) is 4.79 Å². The molecule has 96 valence electrons. The van der Waals surface area contributed by atoms with Crippen LogP contribution >= 0.6 is 0 Å². The Kier molecular flexibility index (Phi) is 2.81. The van der Waals surface area contributed by atoms with Crippen molar-refractivity contribution in [2.75, 3.05) is 13.2 Å². The van der Waals surface area contributed by atoms with Gasteiger partial charge in [-0.05, 0) is 25.0 Å². The number of carbonyl (C=O) groups is 2. The molecule has 0 spiro atoms. The molecule has 0 unspecified atom stereocenters. The Hall–Kier alpha value is -1.78. The summed E-state index contributed by atoms with van der Waals surface area (Å²) in [5.41, 5.74) is 0. The van der Waals surface area contributed by atoms with E-state index in [0.717, 1.165) is 19.4 Å². The number of hydrogen-bond acceptors (Lipinski definition) is 4. The van der Waals surface area contributed by atoms with Crippen LogP contribution in [-0.2, 0) is 9.53 Å². The lowest BCUT2D eigenvalue weighted by atomic mass is 10.1. The molecule has 1 aliphatic heterocycles. The first kappa shape index (κ1) is 11.3. The maximum Gasteiger partial charge on any atom is 0.374 e. The normalized spacial score (nSPS) is 23.4. The lowest BCUT2D eigenvalue weighted by molar-refractivity contribution is -0.128. The first-order valence-corrected chi connectivity index (χ1v) is 6.24. The molecule has 2 fully saturated rings. The summed E-state index contributed by atoms with van der Waals surface area (Å²) in [6, 6.07) is 3.66. The van der Waals surface area contributed by atoms with Crippen molar-refractivity contribution in [3.8, 4) is 0 Å². The van der Waals surface area contributed by atoms with Gasteiger partial charge in [0.2, 0.25) is 11.7 Å². The second-order valence-electron chi connectivity index (χ2n) is 4.92. The lowest BCUT2D eigenvalue weighted by Gasteiger charge is -2.15. The van der Waals surface area contributed by atoms with Crippen LogP contribution in [0.25, 0.3) is 0 Å². The molecular formula is C13H15NO4. The topological polar surface area (TPSA) is 59.8 Å². The van der Waals surface area contributed by atoms with Crippen LogP contribution in [0.15, 0.2) is 22.8 Å². The quantitative estimate of drug-likeness (QED) is 0.758. The molecule has 0 aromatic carbocycles. The molecule has 18 heavy (non-hydrogen) atoms. The zero-order valence-corrected chi connectivity index (χ0v) is 10.0. The van der Waals surface area contributed by atoms with Crippen molar-refractivity contribution in [1.29, 1.82) is 0 Å². The molecule has 0 bridgehead atoms. The molecule has 1 saturated heterocycles. The van der Waals surface area contributed by atoms with Crippen LogP contribution in [-0.4, -0.2) is 36.0 Å². The van der Waals surface area contributed by atoms with E-state index in [0.29, 0.717) is 12.5 Å². The number of carbonyl (C=O) groups excluding carboxylic acids is 2. The fourth-order valence-corrected chi connectivity index (χ4v) is 2.32. The van der Waals surface area contributed by atoms with E-state index in [2.05, 4.69) is 0 Å². The van der Waals surface area contributed by atoms with Gasteiger partial charge in [-0.25, -0.2) is 4.79 Å². The number of furan rings is 1. The van der Waals surface area contributed by atoms with Crippen LogP contribution in [0.2, 0.25) is 0 Å². The molecule has 2 aliphatic rings. The SMILES string of the molecule is O=C(OC[C@H]1CC(=O)N(C2CC2)C1)c1ccco1. The van der Waals surface area contributed by atoms with Gasteiger partial charge in [0.05, 0.1) is 12.9 Å². The third-order valence-corrected chi connectivity index (χ3v) is 3.40. The van der Waals surface area contributed by atoms with Gasteiger partial charge in [0.15, 0.2) is 0 Å². The smallest absolute Gasteiger partial charge is 0.374 e. The summed E-state index contributed by atoms with van der Waals surface area (Å²) in [5.74, 6) is 0.0595. The highest BCUT2D eigenvalue weighted by atomic mass is 16.5. The highest BCUT2D eigenvalue weighted by molar-refractivity contribution is 5.86. The first-order chi connectivity index (χ1) is 8.74. The number of esters is 1. The van der Waals surface area contributed by atoms with Gasteiger partial charge in [0.1, 0.15) is 0 Å². The van der Waals surface area contributed by atoms with E-state index in [-0.39, 0.29) is 24.2 Å². The molecule has 0 radical (unpaired) electrons. The van der Waals surface area contributed by atoms with Gasteiger partial charge in [-0.1, -0.05) is 0 Å². The van der Waals surface area contributed by atoms with E-state index in [1.54, 1.807) is 12.1 Å². The Morgan fingerprint density at radius 1 is 1.50 bits per heavy atom. The van der Waals surface area contributed by atoms with Crippen LogP contribution < -0.4 is 0 Å². The molecule has 1 saturated carbocycles. The van der Waals surface area contributed by atoms with Crippen molar-refractivity contribution in [3.05, 3.63) is 24.2 Å². The van der Waals surface area contributed by atoms with Gasteiger partial charge in [-0.2, -0.15) is 0 Å². The molecule has 3 rings (SSSR count). The van der Waals surface area contributed by atoms with E-state index < -0.39 is 5.97 Å². The van der Waals surface area contributed by atoms with E-state index in [4.69, 9.17) is 9.15 Å². The molecular weight excluding hydrogens is 234 g/mol. The molecule has 5 nitrogen and oxygen atoms in total. The monoisotopic (exact) mass is 249 g/mol. The van der Waals surface area contributed by atoms with Crippen LogP contribution in [0.5, 0.6) is 0 Å². The van der Waals surface area contributed by atoms with Crippen molar-refractivity contribution in [3.63, 3.8) is 0 Å². The highest BCUT2D eigenvalue weighted by Gasteiger charge is 2.39. The summed E-state index contributed by atoms with van der Waals surface area (Å²) >= 11 is 0. The summed E-state index contributed by atoms with van der Waals surface area (Å²) in [4.78, 5) is 25.2. The van der Waals surface area contributed by atoms with Gasteiger partial charge < -0.3 is 14.1 Å². The summed E-state index contributed by atoms with van der Waals surface area (Å²) in [6.45, 7) is 1.00. The lowest BCUT2D eigenvalue weighted by Crippen LogP contribution is -2.27. The van der Waals surface area contributed by atoms with Crippen molar-refractivity contribution in [2.24, 2.45) is 5.92 Å². The first-order valence-electron chi connectivity index (χ1n) is 6.24. The van der Waals surface area contributed by atoms with Crippen LogP contribution in [0.1, 0.15) is 29.8 Å². The fourth-order valence-electron chi connectivity index (χ4n) is 2.32. The third kappa shape index (κ3) is 2.25. The maximum absolute atomic E-state index is 11.7. The molecule has 1 amide bonds. The fraction of sp³-hybridized carbons (Fsp3) is 0.538. The Bertz CT molecular complexity index is 450. The number of likely N-dealkylation sites (tertiary alicyclic amines) is 1. The van der Waals surface area contributed by atoms with E-state index in [1.165, 1.54) is 6.26 Å². The Morgan fingerprint density at radius 3 is 3.00 bits per heavy atom. The minimum atomic E-state index is -0.461. The second-order valence-corrected chi connectivity index (χ2v) is 4.92. The van der Waals surface area contributed by atoms with E-state index in [1.807, 2.05) is 4.90 Å². The van der Waals surface area contributed by atoms with Crippen molar-refractivity contribution in [1.82, 2.24) is 4.90 Å². The number of ether oxygens (including phenoxy) is 1. The number of rotatable bonds is 4. The molecule has 2 heterocycles. The van der Waals surface area contributed by atoms with Crippen molar-refractivity contribution >= 4 is 11.9 Å². The minimum absolute atomic E-state index is 0.122. The molecule has 1 atom stereocenters. The number of hydrogen-bond donors (Lipinski definition) is 0. The summed E-state index contributed by atoms with van der Waals surface area (Å²) in [5, 5.41) is 0. The van der Waals surface area contributed by atoms with Crippen LogP contribution in [0.4, 0.5) is 0 Å². The van der Waals surface area contributed by atoms with Gasteiger partial charge in [0, 0.05) is 24.9 Å². The summed E-state index contributed by atoms with van der Waals surface area (Å²) in [6.07, 6.45) is 4.15. The standard InChI is InChI=1S/C13H15NO4/c15-12-6-9(7-14(12)10-3-4-10)8-18-13(16)11-2-1-5-17-11/h1-2,5,9-10H,3-4,6-8H2/t9-/m0/s1. The molecule has 1 aromatic rings. The Labute approximate surface area is 105 Å². The Balaban J connectivity index is 1.49. The molecule has 1 aromatic heterocycles. The summed E-state index contributed by atoms with van der Waals surface area (Å²) < 4.78 is 10.1. The van der Waals surface area contributed by atoms with Gasteiger partial charge >= 0.3 is 5.97 Å². The zero-order valence-electron chi connectivity index (χ0n) is 10.0. The minimum Gasteiger partial charge on any atom is -0.459 e. The van der Waals surface area contributed by atoms with Gasteiger partial charge in [0.25, 0.3) is 0 Å². The van der Waals surface area contributed by atoms with E-state index in [9.17, 15) is 9.59 Å². The van der Waals surface area contributed by atoms with E-state index >= 15 is 0 Å². The molecule has 1 aliphatic carbocycles. The zero-order chi connectivity index (χ0) is 12.5. The predicted octanol–water partition coefficient (Wildman–Crippen LogP) is 1.45. The maximum atomic E-state index is 11.7. The van der Waals surface area contributed by atoms with Crippen LogP contribution in [0, 0.1) is 5.92 Å². The molecule has 5 heteroatoms. The number of amides is 1. The second kappa shape index (κ2) is 4.48. The Morgan fingerprint density at radius 2 is 2.33 bits per heavy atom. The van der Waals surface area contributed by atoms with Crippen LogP contribution in [0.3, 0.4) is 0 Å². The average molecular weight is 249 g/mol. The number of nitrogens with zero attached hydrogens (tertiary/aromatic N) is 1. The highest BCUT2D eigenvalue weighted by Crippen LogP contribution is 2.32. The largest absolute Gasteiger partial charge is 0.459 e. The predicted molar refractivity (Wildman–Crippen MR) is 61.8 cm³/mol. The van der Waals surface area contributed by atoms with Gasteiger partial charge in [-0.15, -0.1) is 0 Å². The van der Waals surface area contributed by atoms with Crippen molar-refractivity contribution in [2.45, 2.75) is 25.3 Å². The average Bonchev–Trinajstić information content (AvgIpc) is 2.91. The van der Waals surface area contributed by atoms with Crippen molar-refractivity contribution < 1.29 is 18.7 Å². The summed E-state index contributed by atoms with van der Waals surface area (Å²) in [7, 11) is 0. The third-order valence-electron chi connectivity index (χ3n) is 3.40.